The Kier molecular flexibility index (Phi) is 4.96. The molecule has 10 heteroatoms. The summed E-state index contributed by atoms with van der Waals surface area (Å²) in [4.78, 5) is 35.2. The van der Waals surface area contributed by atoms with E-state index < -0.39 is 35.8 Å². The molecule has 0 amide bonds. The quantitative estimate of drug-likeness (QED) is 0.512. The van der Waals surface area contributed by atoms with Crippen molar-refractivity contribution in [3.8, 4) is 0 Å². The summed E-state index contributed by atoms with van der Waals surface area (Å²) in [5, 5.41) is 21.5. The third-order valence-electron chi connectivity index (χ3n) is 3.09. The molecular weight excluding hydrogens is 286 g/mol. The Hall–Kier alpha value is -1.88. The van der Waals surface area contributed by atoms with Gasteiger partial charge in [-0.2, -0.15) is 4.91 Å². The molecule has 0 bridgehead atoms. The average molecular weight is 301 g/mol. The molecule has 10 nitrogen and oxygen atoms in total. The van der Waals surface area contributed by atoms with Gasteiger partial charge in [-0.1, -0.05) is 5.18 Å². The van der Waals surface area contributed by atoms with E-state index in [1.807, 2.05) is 0 Å². The summed E-state index contributed by atoms with van der Waals surface area (Å²) in [5.41, 5.74) is -1.31. The van der Waals surface area contributed by atoms with Crippen molar-refractivity contribution in [2.45, 2.75) is 24.5 Å². The highest BCUT2D eigenvalue weighted by atomic mass is 16.6. The van der Waals surface area contributed by atoms with Crippen LogP contribution in [-0.2, 0) is 9.47 Å². The van der Waals surface area contributed by atoms with Crippen LogP contribution in [0.3, 0.4) is 0 Å². The number of ether oxygens (including phenoxy) is 2. The molecule has 0 saturated carbocycles. The summed E-state index contributed by atoms with van der Waals surface area (Å²) in [6, 6.07) is 1.12. The van der Waals surface area contributed by atoms with Gasteiger partial charge < -0.3 is 19.7 Å². The van der Waals surface area contributed by atoms with Gasteiger partial charge in [0.25, 0.3) is 5.56 Å². The van der Waals surface area contributed by atoms with Crippen LogP contribution < -0.4 is 11.2 Å². The number of nitrogens with one attached hydrogen (secondary N) is 1. The summed E-state index contributed by atoms with van der Waals surface area (Å²) in [6.45, 7) is -0.678. The molecule has 3 N–H and O–H groups in total. The van der Waals surface area contributed by atoms with Gasteiger partial charge in [-0.15, -0.1) is 0 Å². The number of aromatic nitrogens is 2. The van der Waals surface area contributed by atoms with Gasteiger partial charge in [0, 0.05) is 12.3 Å². The van der Waals surface area contributed by atoms with Crippen molar-refractivity contribution in [2.75, 3.05) is 19.8 Å². The van der Waals surface area contributed by atoms with E-state index >= 15 is 0 Å². The molecular formula is C11H15N3O7. The summed E-state index contributed by atoms with van der Waals surface area (Å²) in [7, 11) is 0. The molecule has 4 atom stereocenters. The van der Waals surface area contributed by atoms with E-state index in [1.165, 1.54) is 6.20 Å². The second-order valence-corrected chi connectivity index (χ2v) is 4.44. The zero-order valence-corrected chi connectivity index (χ0v) is 10.9. The number of nitrogens with zero attached hydrogens (tertiary/aromatic N) is 2. The Bertz CT molecular complexity index is 598. The predicted octanol–water partition coefficient (Wildman–Crippen LogP) is -2.06. The van der Waals surface area contributed by atoms with Crippen LogP contribution in [0.5, 0.6) is 0 Å². The number of aliphatic hydroxyl groups is 2. The van der Waals surface area contributed by atoms with Gasteiger partial charge >= 0.3 is 5.69 Å². The predicted molar refractivity (Wildman–Crippen MR) is 68.7 cm³/mol. The van der Waals surface area contributed by atoms with Gasteiger partial charge in [-0.3, -0.25) is 14.3 Å². The molecule has 1 aliphatic rings. The fraction of sp³-hybridized carbons (Fsp3) is 0.636. The first kappa shape index (κ1) is 15.5. The van der Waals surface area contributed by atoms with Crippen molar-refractivity contribution in [3.63, 3.8) is 0 Å². The zero-order valence-electron chi connectivity index (χ0n) is 10.9. The minimum absolute atomic E-state index is 0.0824. The lowest BCUT2D eigenvalue weighted by molar-refractivity contribution is -0.0765. The Morgan fingerprint density at radius 3 is 2.86 bits per heavy atom. The SMILES string of the molecule is O=NCC1OC(n2ccc(=O)[nH]c2=O)C(OCCO)C1O. The highest BCUT2D eigenvalue weighted by Crippen LogP contribution is 2.30. The standard InChI is InChI=1S/C11H15N3O7/c15-3-4-20-9-8(17)6(5-12-19)21-10(9)14-2-1-7(16)13-11(14)18/h1-2,6,8-10,15,17H,3-5H2,(H,13,16,18). The highest BCUT2D eigenvalue weighted by molar-refractivity contribution is 4.94. The smallest absolute Gasteiger partial charge is 0.330 e. The lowest BCUT2D eigenvalue weighted by atomic mass is 10.1. The number of rotatable bonds is 6. The molecule has 1 aromatic heterocycles. The van der Waals surface area contributed by atoms with Gasteiger partial charge in [0.05, 0.1) is 13.2 Å². The second kappa shape index (κ2) is 6.72. The molecule has 0 aromatic carbocycles. The number of hydrogen-bond acceptors (Lipinski definition) is 8. The summed E-state index contributed by atoms with van der Waals surface area (Å²) >= 11 is 0. The minimum atomic E-state index is -1.20. The lowest BCUT2D eigenvalue weighted by Gasteiger charge is -2.21. The topological polar surface area (TPSA) is 143 Å². The maximum atomic E-state index is 11.8. The first-order valence-electron chi connectivity index (χ1n) is 6.25. The molecule has 21 heavy (non-hydrogen) atoms. The van der Waals surface area contributed by atoms with Crippen LogP contribution in [0, 0.1) is 4.91 Å². The fourth-order valence-corrected chi connectivity index (χ4v) is 2.16. The average Bonchev–Trinajstić information content (AvgIpc) is 2.74. The number of aromatic amines is 1. The molecule has 0 aliphatic carbocycles. The minimum Gasteiger partial charge on any atom is -0.394 e. The molecule has 2 heterocycles. The van der Waals surface area contributed by atoms with Crippen molar-refractivity contribution < 1.29 is 19.7 Å². The molecule has 1 aliphatic heterocycles. The molecule has 1 aromatic rings. The van der Waals surface area contributed by atoms with Gasteiger partial charge in [-0.25, -0.2) is 4.79 Å². The Morgan fingerprint density at radius 1 is 1.48 bits per heavy atom. The molecule has 0 spiro atoms. The summed E-state index contributed by atoms with van der Waals surface area (Å²) < 4.78 is 11.7. The van der Waals surface area contributed by atoms with E-state index in [2.05, 4.69) is 10.2 Å². The van der Waals surface area contributed by atoms with Gasteiger partial charge in [0.1, 0.15) is 24.9 Å². The third kappa shape index (κ3) is 3.24. The third-order valence-corrected chi connectivity index (χ3v) is 3.09. The largest absolute Gasteiger partial charge is 0.394 e. The van der Waals surface area contributed by atoms with Gasteiger partial charge in [0.15, 0.2) is 6.23 Å². The number of aliphatic hydroxyl groups excluding tert-OH is 2. The van der Waals surface area contributed by atoms with E-state index in [9.17, 15) is 19.6 Å². The summed E-state index contributed by atoms with van der Waals surface area (Å²) in [6.07, 6.45) is -2.95. The maximum absolute atomic E-state index is 11.8. The normalized spacial score (nSPS) is 28.7. The Labute approximate surface area is 117 Å². The number of hydrogen-bond donors (Lipinski definition) is 3. The van der Waals surface area contributed by atoms with Crippen molar-refractivity contribution in [1.82, 2.24) is 9.55 Å². The van der Waals surface area contributed by atoms with Crippen LogP contribution >= 0.6 is 0 Å². The van der Waals surface area contributed by atoms with Crippen molar-refractivity contribution in [1.29, 1.82) is 0 Å². The van der Waals surface area contributed by atoms with Gasteiger partial charge in [-0.05, 0) is 0 Å². The van der Waals surface area contributed by atoms with Gasteiger partial charge in [0.2, 0.25) is 0 Å². The first-order chi connectivity index (χ1) is 10.1. The van der Waals surface area contributed by atoms with E-state index in [0.29, 0.717) is 0 Å². The van der Waals surface area contributed by atoms with Crippen LogP contribution in [0.15, 0.2) is 27.0 Å². The molecule has 1 saturated heterocycles. The highest BCUT2D eigenvalue weighted by Gasteiger charge is 2.46. The van der Waals surface area contributed by atoms with Crippen LogP contribution in [0.2, 0.25) is 0 Å². The Balaban J connectivity index is 2.31. The number of H-pyrrole nitrogens is 1. The molecule has 0 radical (unpaired) electrons. The first-order valence-corrected chi connectivity index (χ1v) is 6.25. The second-order valence-electron chi connectivity index (χ2n) is 4.44. The number of nitroso groups, excluding NO2 is 1. The van der Waals surface area contributed by atoms with Crippen molar-refractivity contribution >= 4 is 0 Å². The van der Waals surface area contributed by atoms with Crippen LogP contribution in [0.1, 0.15) is 6.23 Å². The molecule has 1 fully saturated rings. The molecule has 4 unspecified atom stereocenters. The van der Waals surface area contributed by atoms with Crippen LogP contribution in [-0.4, -0.2) is 57.8 Å². The summed E-state index contributed by atoms with van der Waals surface area (Å²) in [5.74, 6) is 0. The zero-order chi connectivity index (χ0) is 15.4. The monoisotopic (exact) mass is 301 g/mol. The maximum Gasteiger partial charge on any atom is 0.330 e. The Morgan fingerprint density at radius 2 is 2.24 bits per heavy atom. The van der Waals surface area contributed by atoms with E-state index in [-0.39, 0.29) is 19.8 Å². The lowest BCUT2D eigenvalue weighted by Crippen LogP contribution is -2.39. The van der Waals surface area contributed by atoms with Crippen molar-refractivity contribution in [3.05, 3.63) is 38.0 Å². The molecule has 2 rings (SSSR count). The van der Waals surface area contributed by atoms with Crippen molar-refractivity contribution in [2.24, 2.45) is 5.18 Å². The van der Waals surface area contributed by atoms with Crippen LogP contribution in [0.25, 0.3) is 0 Å². The van der Waals surface area contributed by atoms with Crippen LogP contribution in [0.4, 0.5) is 0 Å². The van der Waals surface area contributed by atoms with E-state index in [4.69, 9.17) is 14.6 Å². The van der Waals surface area contributed by atoms with E-state index in [1.54, 1.807) is 0 Å². The molecule has 116 valence electrons. The fourth-order valence-electron chi connectivity index (χ4n) is 2.16. The van der Waals surface area contributed by atoms with E-state index in [0.717, 1.165) is 10.6 Å².